The molecule has 0 saturated carbocycles. The maximum atomic E-state index is 12.9. The number of carboxylic acids is 1. The molecule has 0 spiro atoms. The van der Waals surface area contributed by atoms with E-state index in [1.807, 2.05) is 4.90 Å². The highest BCUT2D eigenvalue weighted by Gasteiger charge is 2.36. The van der Waals surface area contributed by atoms with Gasteiger partial charge in [0.2, 0.25) is 5.91 Å². The van der Waals surface area contributed by atoms with E-state index in [2.05, 4.69) is 67.8 Å². The summed E-state index contributed by atoms with van der Waals surface area (Å²) in [7, 11) is 2.15. The number of carbonyl (C=O) groups excluding carboxylic acids is 1. The largest absolute Gasteiger partial charge is 0.478 e. The summed E-state index contributed by atoms with van der Waals surface area (Å²) < 4.78 is 0. The first-order valence-corrected chi connectivity index (χ1v) is 10.5. The highest BCUT2D eigenvalue weighted by molar-refractivity contribution is 5.99. The van der Waals surface area contributed by atoms with Gasteiger partial charge in [0.15, 0.2) is 0 Å². The molecule has 1 aromatic carbocycles. The summed E-state index contributed by atoms with van der Waals surface area (Å²) >= 11 is 0. The molecular formula is C24H31N3O3. The van der Waals surface area contributed by atoms with Crippen molar-refractivity contribution in [2.24, 2.45) is 5.92 Å². The fraction of sp³-hybridized carbons (Fsp3) is 0.417. The molecule has 30 heavy (non-hydrogen) atoms. The number of hydrogen-bond donors (Lipinski definition) is 2. The number of nitrogens with zero attached hydrogens (tertiary/aromatic N) is 2. The van der Waals surface area contributed by atoms with Crippen LogP contribution in [0.15, 0.2) is 42.6 Å². The highest BCUT2D eigenvalue weighted by Crippen LogP contribution is 2.40. The van der Waals surface area contributed by atoms with Crippen molar-refractivity contribution in [1.82, 2.24) is 14.8 Å². The molecule has 0 radical (unpaired) electrons. The third-order valence-electron chi connectivity index (χ3n) is 6.03. The van der Waals surface area contributed by atoms with Crippen LogP contribution in [0.5, 0.6) is 0 Å². The first-order valence-electron chi connectivity index (χ1n) is 10.5. The standard InChI is InChI=1S/C20H25N3O.C4H6O2/c1-4-23(5-2)20(24)14-9-16-15-7-6-8-17-19(15)13(11-21-17)10-18(16)22(3)12-14;1-3(2)4(5)6/h6-9,11,14,18,21H,4-5,10,12H2,1-3H3;1H2,2H3,(H,5,6)/t14-,18-;/m1./s1. The summed E-state index contributed by atoms with van der Waals surface area (Å²) in [6.07, 6.45) is 5.41. The quantitative estimate of drug-likeness (QED) is 0.757. The highest BCUT2D eigenvalue weighted by atomic mass is 16.4. The van der Waals surface area contributed by atoms with Gasteiger partial charge in [-0.1, -0.05) is 24.8 Å². The van der Waals surface area contributed by atoms with Gasteiger partial charge >= 0.3 is 5.97 Å². The molecule has 1 aliphatic heterocycles. The molecule has 1 aromatic heterocycles. The monoisotopic (exact) mass is 409 g/mol. The molecule has 2 N–H and O–H groups in total. The number of likely N-dealkylation sites (N-methyl/N-ethyl adjacent to an activating group) is 1. The Morgan fingerprint density at radius 3 is 2.57 bits per heavy atom. The fourth-order valence-corrected chi connectivity index (χ4v) is 4.38. The van der Waals surface area contributed by atoms with Crippen molar-refractivity contribution in [2.75, 3.05) is 26.7 Å². The molecule has 1 amide bonds. The zero-order valence-corrected chi connectivity index (χ0v) is 18.2. The van der Waals surface area contributed by atoms with Gasteiger partial charge in [0, 0.05) is 48.3 Å². The van der Waals surface area contributed by atoms with E-state index in [0.717, 1.165) is 26.1 Å². The van der Waals surface area contributed by atoms with Crippen LogP contribution in [0.2, 0.25) is 0 Å². The molecule has 6 nitrogen and oxygen atoms in total. The average molecular weight is 410 g/mol. The zero-order valence-electron chi connectivity index (χ0n) is 18.2. The summed E-state index contributed by atoms with van der Waals surface area (Å²) in [4.78, 5) is 30.2. The van der Waals surface area contributed by atoms with Crippen LogP contribution in [0.3, 0.4) is 0 Å². The van der Waals surface area contributed by atoms with Gasteiger partial charge < -0.3 is 15.0 Å². The van der Waals surface area contributed by atoms with E-state index in [-0.39, 0.29) is 17.4 Å². The summed E-state index contributed by atoms with van der Waals surface area (Å²) in [6.45, 7) is 11.1. The first kappa shape index (κ1) is 21.8. The Hall–Kier alpha value is -2.86. The molecule has 2 heterocycles. The van der Waals surface area contributed by atoms with Crippen molar-refractivity contribution in [3.63, 3.8) is 0 Å². The number of carbonyl (C=O) groups is 2. The third-order valence-corrected chi connectivity index (χ3v) is 6.03. The van der Waals surface area contributed by atoms with E-state index < -0.39 is 5.97 Å². The predicted molar refractivity (Wildman–Crippen MR) is 120 cm³/mol. The second kappa shape index (κ2) is 8.88. The van der Waals surface area contributed by atoms with Crippen molar-refractivity contribution in [3.8, 4) is 0 Å². The number of H-pyrrole nitrogens is 1. The Labute approximate surface area is 177 Å². The Bertz CT molecular complexity index is 988. The molecule has 160 valence electrons. The molecular weight excluding hydrogens is 378 g/mol. The van der Waals surface area contributed by atoms with E-state index in [1.54, 1.807) is 0 Å². The van der Waals surface area contributed by atoms with Gasteiger partial charge in [0.25, 0.3) is 0 Å². The molecule has 0 bridgehead atoms. The van der Waals surface area contributed by atoms with Crippen molar-refractivity contribution < 1.29 is 14.7 Å². The van der Waals surface area contributed by atoms with Crippen LogP contribution in [0.4, 0.5) is 0 Å². The second-order valence-electron chi connectivity index (χ2n) is 8.03. The third kappa shape index (κ3) is 4.05. The van der Waals surface area contributed by atoms with Gasteiger partial charge in [0.05, 0.1) is 5.92 Å². The SMILES string of the molecule is C=C(C)C(=O)O.CCN(CC)C(=O)[C@@H]1C=C2c3cccc4[nH]cc(c34)C[C@H]2N(C)C1. The van der Waals surface area contributed by atoms with Gasteiger partial charge in [0.1, 0.15) is 0 Å². The minimum absolute atomic E-state index is 0.0445. The number of amides is 1. The number of hydrogen-bond acceptors (Lipinski definition) is 3. The maximum absolute atomic E-state index is 12.9. The summed E-state index contributed by atoms with van der Waals surface area (Å²) in [6, 6.07) is 6.82. The van der Waals surface area contributed by atoms with Crippen molar-refractivity contribution in [2.45, 2.75) is 33.2 Å². The lowest BCUT2D eigenvalue weighted by Crippen LogP contribution is -2.47. The van der Waals surface area contributed by atoms with E-state index in [4.69, 9.17) is 5.11 Å². The number of aliphatic carboxylic acids is 1. The number of aromatic amines is 1. The number of carboxylic acid groups (broad SMARTS) is 1. The van der Waals surface area contributed by atoms with Gasteiger partial charge in [-0.05, 0) is 57.0 Å². The van der Waals surface area contributed by atoms with Crippen LogP contribution in [0, 0.1) is 5.92 Å². The number of rotatable bonds is 4. The van der Waals surface area contributed by atoms with Crippen LogP contribution in [0.25, 0.3) is 16.5 Å². The minimum Gasteiger partial charge on any atom is -0.478 e. The molecule has 0 fully saturated rings. The summed E-state index contributed by atoms with van der Waals surface area (Å²) in [5.74, 6) is -0.725. The summed E-state index contributed by atoms with van der Waals surface area (Å²) in [5.41, 5.74) is 5.38. The minimum atomic E-state index is -0.935. The molecule has 1 aliphatic carbocycles. The van der Waals surface area contributed by atoms with Gasteiger partial charge in [-0.25, -0.2) is 4.79 Å². The molecule has 2 aromatic rings. The van der Waals surface area contributed by atoms with Crippen LogP contribution in [0.1, 0.15) is 31.9 Å². The van der Waals surface area contributed by atoms with Crippen LogP contribution in [-0.2, 0) is 16.0 Å². The number of fused-ring (bicyclic) bond motifs is 2. The zero-order chi connectivity index (χ0) is 22.0. The fourth-order valence-electron chi connectivity index (χ4n) is 4.38. The number of nitrogens with one attached hydrogen (secondary N) is 1. The topological polar surface area (TPSA) is 76.6 Å². The van der Waals surface area contributed by atoms with Crippen LogP contribution < -0.4 is 0 Å². The molecule has 6 heteroatoms. The average Bonchev–Trinajstić information content (AvgIpc) is 3.14. The Kier molecular flexibility index (Phi) is 6.46. The first-order chi connectivity index (χ1) is 14.3. The van der Waals surface area contributed by atoms with E-state index in [1.165, 1.54) is 34.5 Å². The normalized spacial score (nSPS) is 19.9. The van der Waals surface area contributed by atoms with Crippen molar-refractivity contribution in [3.05, 3.63) is 53.8 Å². The second-order valence-corrected chi connectivity index (χ2v) is 8.03. The van der Waals surface area contributed by atoms with E-state index in [0.29, 0.717) is 6.04 Å². The Morgan fingerprint density at radius 2 is 1.97 bits per heavy atom. The van der Waals surface area contributed by atoms with E-state index in [9.17, 15) is 9.59 Å². The van der Waals surface area contributed by atoms with Gasteiger partial charge in [-0.3, -0.25) is 9.69 Å². The molecule has 2 aliphatic rings. The molecule has 2 atom stereocenters. The van der Waals surface area contributed by atoms with Crippen LogP contribution >= 0.6 is 0 Å². The van der Waals surface area contributed by atoms with Gasteiger partial charge in [-0.2, -0.15) is 0 Å². The summed E-state index contributed by atoms with van der Waals surface area (Å²) in [5, 5.41) is 9.23. The lowest BCUT2D eigenvalue weighted by Gasteiger charge is -2.40. The number of aromatic nitrogens is 1. The molecule has 0 saturated heterocycles. The lowest BCUT2D eigenvalue weighted by molar-refractivity contribution is -0.134. The smallest absolute Gasteiger partial charge is 0.330 e. The Morgan fingerprint density at radius 1 is 1.30 bits per heavy atom. The molecule has 0 unspecified atom stereocenters. The van der Waals surface area contributed by atoms with Gasteiger partial charge in [-0.15, -0.1) is 0 Å². The molecule has 4 rings (SSSR count). The predicted octanol–water partition coefficient (Wildman–Crippen LogP) is 3.55. The van der Waals surface area contributed by atoms with Crippen molar-refractivity contribution in [1.29, 1.82) is 0 Å². The van der Waals surface area contributed by atoms with E-state index >= 15 is 0 Å². The van der Waals surface area contributed by atoms with Crippen molar-refractivity contribution >= 4 is 28.4 Å². The Balaban J connectivity index is 0.000000377. The van der Waals surface area contributed by atoms with Crippen LogP contribution in [-0.4, -0.2) is 64.5 Å². The number of benzene rings is 1. The lowest BCUT2D eigenvalue weighted by atomic mass is 9.79. The maximum Gasteiger partial charge on any atom is 0.330 e.